The van der Waals surface area contributed by atoms with Gasteiger partial charge < -0.3 is 23.7 Å². The minimum absolute atomic E-state index is 0.0139. The molecular weight excluding hydrogens is 338 g/mol. The number of hydrogen-bond donors (Lipinski definition) is 0. The quantitative estimate of drug-likeness (QED) is 0.541. The summed E-state index contributed by atoms with van der Waals surface area (Å²) >= 11 is 0. The summed E-state index contributed by atoms with van der Waals surface area (Å²) in [4.78, 5) is 12.4. The fourth-order valence-electron chi connectivity index (χ4n) is 3.12. The van der Waals surface area contributed by atoms with E-state index >= 15 is 0 Å². The van der Waals surface area contributed by atoms with Crippen LogP contribution in [0, 0.1) is 11.3 Å². The summed E-state index contributed by atoms with van der Waals surface area (Å²) in [5.41, 5.74) is 0.677. The normalized spacial score (nSPS) is 24.8. The van der Waals surface area contributed by atoms with E-state index < -0.39 is 0 Å². The number of nitrogens with zero attached hydrogens (tertiary/aromatic N) is 1. The molecule has 0 bridgehead atoms. The standard InChI is InChI=1S/C19H21NO6/c1-22-15-4-3-12(8-17(15)23-2)7-13(9-20)14(21)10-25-18-11-26-16-5-6-24-19(16)18/h3-4,7-8,16,18-19H,5-6,10-11H2,1-2H3/b13-7+/t16-,18?,19+/m1/s1. The molecule has 0 aliphatic carbocycles. The number of hydrogen-bond acceptors (Lipinski definition) is 7. The van der Waals surface area contributed by atoms with Gasteiger partial charge in [-0.05, 0) is 30.2 Å². The topological polar surface area (TPSA) is 87.0 Å². The Morgan fingerprint density at radius 2 is 2.12 bits per heavy atom. The fraction of sp³-hybridized carbons (Fsp3) is 0.474. The zero-order chi connectivity index (χ0) is 18.5. The van der Waals surface area contributed by atoms with Crippen molar-refractivity contribution in [3.63, 3.8) is 0 Å². The summed E-state index contributed by atoms with van der Waals surface area (Å²) in [7, 11) is 3.07. The van der Waals surface area contributed by atoms with Crippen LogP contribution in [0.25, 0.3) is 6.08 Å². The molecule has 3 atom stereocenters. The monoisotopic (exact) mass is 359 g/mol. The first-order valence-electron chi connectivity index (χ1n) is 8.38. The maximum Gasteiger partial charge on any atom is 0.198 e. The first-order chi connectivity index (χ1) is 12.7. The van der Waals surface area contributed by atoms with Crippen molar-refractivity contribution < 1.29 is 28.5 Å². The molecule has 2 fully saturated rings. The molecule has 2 saturated heterocycles. The number of methoxy groups -OCH3 is 2. The van der Waals surface area contributed by atoms with Crippen LogP contribution in [0.3, 0.4) is 0 Å². The lowest BCUT2D eigenvalue weighted by Crippen LogP contribution is -2.31. The first-order valence-corrected chi connectivity index (χ1v) is 8.38. The summed E-state index contributed by atoms with van der Waals surface area (Å²) in [5.74, 6) is 0.712. The minimum Gasteiger partial charge on any atom is -0.493 e. The second kappa shape index (κ2) is 8.32. The highest BCUT2D eigenvalue weighted by molar-refractivity contribution is 6.04. The van der Waals surface area contributed by atoms with Gasteiger partial charge in [-0.2, -0.15) is 5.26 Å². The molecule has 1 aromatic carbocycles. The number of ketones is 1. The smallest absolute Gasteiger partial charge is 0.198 e. The number of carbonyl (C=O) groups excluding carboxylic acids is 1. The molecule has 0 saturated carbocycles. The SMILES string of the molecule is COc1ccc(/C=C(\C#N)C(=O)COC2CO[C@@H]3CCO[C@H]23)cc1OC. The van der Waals surface area contributed by atoms with Crippen molar-refractivity contribution in [3.05, 3.63) is 29.3 Å². The van der Waals surface area contributed by atoms with Crippen LogP contribution >= 0.6 is 0 Å². The Kier molecular flexibility index (Phi) is 5.89. The van der Waals surface area contributed by atoms with Crippen LogP contribution in [0.5, 0.6) is 11.5 Å². The van der Waals surface area contributed by atoms with Crippen LogP contribution in [0.2, 0.25) is 0 Å². The molecule has 0 radical (unpaired) electrons. The summed E-state index contributed by atoms with van der Waals surface area (Å²) < 4.78 is 27.2. The second-order valence-electron chi connectivity index (χ2n) is 6.05. The summed E-state index contributed by atoms with van der Waals surface area (Å²) in [5, 5.41) is 9.33. The Morgan fingerprint density at radius 1 is 1.31 bits per heavy atom. The molecule has 0 spiro atoms. The van der Waals surface area contributed by atoms with E-state index in [1.54, 1.807) is 25.3 Å². The van der Waals surface area contributed by atoms with Gasteiger partial charge in [-0.25, -0.2) is 0 Å². The largest absolute Gasteiger partial charge is 0.493 e. The third-order valence-corrected chi connectivity index (χ3v) is 4.49. The molecule has 2 heterocycles. The van der Waals surface area contributed by atoms with Gasteiger partial charge in [-0.1, -0.05) is 6.07 Å². The Morgan fingerprint density at radius 3 is 2.85 bits per heavy atom. The van der Waals surface area contributed by atoms with Gasteiger partial charge >= 0.3 is 0 Å². The van der Waals surface area contributed by atoms with Crippen LogP contribution in [-0.4, -0.2) is 58.1 Å². The van der Waals surface area contributed by atoms with Crippen LogP contribution in [-0.2, 0) is 19.0 Å². The summed E-state index contributed by atoms with van der Waals surface area (Å²) in [6.45, 7) is 0.864. The molecule has 1 aromatic rings. The number of fused-ring (bicyclic) bond motifs is 1. The zero-order valence-electron chi connectivity index (χ0n) is 14.8. The lowest BCUT2D eigenvalue weighted by atomic mass is 10.1. The van der Waals surface area contributed by atoms with Crippen molar-refractivity contribution in [2.45, 2.75) is 24.7 Å². The van der Waals surface area contributed by atoms with Gasteiger partial charge in [-0.3, -0.25) is 4.79 Å². The molecule has 2 aliphatic heterocycles. The molecule has 3 rings (SSSR count). The number of rotatable bonds is 7. The lowest BCUT2D eigenvalue weighted by molar-refractivity contribution is -0.123. The van der Waals surface area contributed by atoms with Crippen LogP contribution in [0.1, 0.15) is 12.0 Å². The highest BCUT2D eigenvalue weighted by Gasteiger charge is 2.42. The van der Waals surface area contributed by atoms with Gasteiger partial charge in [0.05, 0.1) is 32.5 Å². The van der Waals surface area contributed by atoms with Gasteiger partial charge in [0.1, 0.15) is 24.9 Å². The van der Waals surface area contributed by atoms with Gasteiger partial charge in [-0.15, -0.1) is 0 Å². The summed E-state index contributed by atoms with van der Waals surface area (Å²) in [6.07, 6.45) is 2.01. The number of carbonyl (C=O) groups is 1. The Balaban J connectivity index is 1.65. The average molecular weight is 359 g/mol. The number of Topliss-reactive ketones (excluding diaryl/α,β-unsaturated/α-hetero) is 1. The molecule has 138 valence electrons. The molecular formula is C19H21NO6. The number of nitriles is 1. The fourth-order valence-corrected chi connectivity index (χ4v) is 3.12. The molecule has 26 heavy (non-hydrogen) atoms. The lowest BCUT2D eigenvalue weighted by Gasteiger charge is -2.16. The molecule has 7 nitrogen and oxygen atoms in total. The molecule has 2 aliphatic rings. The number of benzene rings is 1. The van der Waals surface area contributed by atoms with E-state index in [0.717, 1.165) is 6.42 Å². The van der Waals surface area contributed by atoms with E-state index in [-0.39, 0.29) is 36.3 Å². The third-order valence-electron chi connectivity index (χ3n) is 4.49. The van der Waals surface area contributed by atoms with Crippen molar-refractivity contribution >= 4 is 11.9 Å². The molecule has 1 unspecified atom stereocenters. The van der Waals surface area contributed by atoms with Gasteiger partial charge in [0.2, 0.25) is 0 Å². The highest BCUT2D eigenvalue weighted by atomic mass is 16.6. The maximum absolute atomic E-state index is 12.4. The first kappa shape index (κ1) is 18.4. The zero-order valence-corrected chi connectivity index (χ0v) is 14.8. The van der Waals surface area contributed by atoms with Crippen molar-refractivity contribution in [1.29, 1.82) is 5.26 Å². The van der Waals surface area contributed by atoms with Crippen LogP contribution < -0.4 is 9.47 Å². The van der Waals surface area contributed by atoms with Gasteiger partial charge in [0.25, 0.3) is 0 Å². The summed E-state index contributed by atoms with van der Waals surface area (Å²) in [6, 6.07) is 7.10. The van der Waals surface area contributed by atoms with Crippen LogP contribution in [0.4, 0.5) is 0 Å². The Hall–Kier alpha value is -2.40. The Bertz CT molecular complexity index is 738. The van der Waals surface area contributed by atoms with Crippen molar-refractivity contribution in [3.8, 4) is 17.6 Å². The third kappa shape index (κ3) is 3.88. The average Bonchev–Trinajstić information content (AvgIpc) is 3.28. The van der Waals surface area contributed by atoms with Crippen molar-refractivity contribution in [1.82, 2.24) is 0 Å². The van der Waals surface area contributed by atoms with E-state index in [4.69, 9.17) is 23.7 Å². The predicted molar refractivity (Wildman–Crippen MR) is 92.0 cm³/mol. The van der Waals surface area contributed by atoms with Gasteiger partial charge in [0, 0.05) is 6.61 Å². The van der Waals surface area contributed by atoms with E-state index in [1.165, 1.54) is 13.2 Å². The maximum atomic E-state index is 12.4. The van der Waals surface area contributed by atoms with E-state index in [9.17, 15) is 10.1 Å². The second-order valence-corrected chi connectivity index (χ2v) is 6.05. The van der Waals surface area contributed by atoms with E-state index in [1.807, 2.05) is 6.07 Å². The van der Waals surface area contributed by atoms with Crippen molar-refractivity contribution in [2.75, 3.05) is 34.0 Å². The predicted octanol–water partition coefficient (Wildman–Crippen LogP) is 1.75. The van der Waals surface area contributed by atoms with Gasteiger partial charge in [0.15, 0.2) is 17.3 Å². The minimum atomic E-state index is -0.385. The van der Waals surface area contributed by atoms with Crippen LogP contribution in [0.15, 0.2) is 23.8 Å². The molecule has 7 heteroatoms. The molecule has 0 amide bonds. The molecule has 0 aromatic heterocycles. The highest BCUT2D eigenvalue weighted by Crippen LogP contribution is 2.29. The Labute approximate surface area is 152 Å². The van der Waals surface area contributed by atoms with E-state index in [2.05, 4.69) is 0 Å². The van der Waals surface area contributed by atoms with Crippen molar-refractivity contribution in [2.24, 2.45) is 0 Å². The number of ether oxygens (including phenoxy) is 5. The molecule has 0 N–H and O–H groups in total. The van der Waals surface area contributed by atoms with E-state index in [0.29, 0.717) is 30.3 Å².